The Labute approximate surface area is 123 Å². The van der Waals surface area contributed by atoms with Gasteiger partial charge in [-0.2, -0.15) is 0 Å². The Balaban J connectivity index is 2.16. The second kappa shape index (κ2) is 6.57. The second-order valence-corrected chi connectivity index (χ2v) is 5.51. The molecular weight excluding hydrogens is 270 g/mol. The smallest absolute Gasteiger partial charge is 0.339 e. The SMILES string of the molecule is CCOC(=O)c1ccc(Sc2ccc(C)cc2)nc1C. The molecule has 0 radical (unpaired) electrons. The maximum atomic E-state index is 11.7. The highest BCUT2D eigenvalue weighted by atomic mass is 32.2. The lowest BCUT2D eigenvalue weighted by Crippen LogP contribution is -2.07. The highest BCUT2D eigenvalue weighted by Gasteiger charge is 2.11. The Bertz CT molecular complexity index is 608. The third kappa shape index (κ3) is 3.61. The number of hydrogen-bond acceptors (Lipinski definition) is 4. The van der Waals surface area contributed by atoms with Crippen molar-refractivity contribution in [2.75, 3.05) is 6.61 Å². The topological polar surface area (TPSA) is 39.2 Å². The van der Waals surface area contributed by atoms with Crippen LogP contribution in [0.15, 0.2) is 46.3 Å². The van der Waals surface area contributed by atoms with Crippen LogP contribution < -0.4 is 0 Å². The molecule has 2 aromatic rings. The van der Waals surface area contributed by atoms with Gasteiger partial charge in [0.15, 0.2) is 0 Å². The third-order valence-corrected chi connectivity index (χ3v) is 3.74. The summed E-state index contributed by atoms with van der Waals surface area (Å²) in [5, 5.41) is 0.874. The summed E-state index contributed by atoms with van der Waals surface area (Å²) in [5.74, 6) is -0.315. The molecule has 20 heavy (non-hydrogen) atoms. The molecule has 0 bridgehead atoms. The van der Waals surface area contributed by atoms with Crippen LogP contribution in [0.3, 0.4) is 0 Å². The van der Waals surface area contributed by atoms with Crippen LogP contribution in [0, 0.1) is 13.8 Å². The molecule has 1 aromatic carbocycles. The Hall–Kier alpha value is -1.81. The van der Waals surface area contributed by atoms with Crippen molar-refractivity contribution >= 4 is 17.7 Å². The summed E-state index contributed by atoms with van der Waals surface area (Å²) in [6.07, 6.45) is 0. The van der Waals surface area contributed by atoms with E-state index in [2.05, 4.69) is 36.2 Å². The lowest BCUT2D eigenvalue weighted by Gasteiger charge is -2.07. The van der Waals surface area contributed by atoms with Crippen LogP contribution in [0.4, 0.5) is 0 Å². The monoisotopic (exact) mass is 287 g/mol. The van der Waals surface area contributed by atoms with Gasteiger partial charge in [-0.15, -0.1) is 0 Å². The highest BCUT2D eigenvalue weighted by Crippen LogP contribution is 2.27. The van der Waals surface area contributed by atoms with Crippen LogP contribution in [0.5, 0.6) is 0 Å². The summed E-state index contributed by atoms with van der Waals surface area (Å²) in [4.78, 5) is 17.3. The highest BCUT2D eigenvalue weighted by molar-refractivity contribution is 7.99. The molecule has 104 valence electrons. The van der Waals surface area contributed by atoms with Gasteiger partial charge in [0, 0.05) is 4.90 Å². The molecule has 0 spiro atoms. The van der Waals surface area contributed by atoms with E-state index in [1.54, 1.807) is 24.8 Å². The van der Waals surface area contributed by atoms with Gasteiger partial charge in [-0.05, 0) is 45.0 Å². The average Bonchev–Trinajstić information content (AvgIpc) is 2.42. The fourth-order valence-corrected chi connectivity index (χ4v) is 2.58. The minimum Gasteiger partial charge on any atom is -0.462 e. The first-order valence-electron chi connectivity index (χ1n) is 6.49. The maximum Gasteiger partial charge on any atom is 0.339 e. The number of nitrogens with zero attached hydrogens (tertiary/aromatic N) is 1. The fourth-order valence-electron chi connectivity index (χ4n) is 1.75. The first-order chi connectivity index (χ1) is 9.60. The van der Waals surface area contributed by atoms with E-state index in [-0.39, 0.29) is 5.97 Å². The molecule has 0 N–H and O–H groups in total. The predicted molar refractivity (Wildman–Crippen MR) is 80.2 cm³/mol. The predicted octanol–water partition coefficient (Wildman–Crippen LogP) is 4.03. The first kappa shape index (κ1) is 14.6. The third-order valence-electron chi connectivity index (χ3n) is 2.80. The van der Waals surface area contributed by atoms with Crippen molar-refractivity contribution in [1.82, 2.24) is 4.98 Å². The lowest BCUT2D eigenvalue weighted by molar-refractivity contribution is 0.0525. The van der Waals surface area contributed by atoms with Crippen molar-refractivity contribution in [3.63, 3.8) is 0 Å². The molecule has 0 aliphatic rings. The van der Waals surface area contributed by atoms with E-state index in [1.807, 2.05) is 13.0 Å². The Kier molecular flexibility index (Phi) is 4.79. The van der Waals surface area contributed by atoms with Gasteiger partial charge in [0.2, 0.25) is 0 Å². The summed E-state index contributed by atoms with van der Waals surface area (Å²) in [7, 11) is 0. The Morgan fingerprint density at radius 3 is 2.45 bits per heavy atom. The van der Waals surface area contributed by atoms with Gasteiger partial charge < -0.3 is 4.74 Å². The molecule has 3 nitrogen and oxygen atoms in total. The molecule has 0 saturated heterocycles. The van der Waals surface area contributed by atoms with Gasteiger partial charge in [0.25, 0.3) is 0 Å². The quantitative estimate of drug-likeness (QED) is 0.796. The van der Waals surface area contributed by atoms with Gasteiger partial charge >= 0.3 is 5.97 Å². The summed E-state index contributed by atoms with van der Waals surface area (Å²) < 4.78 is 4.99. The molecule has 0 aliphatic carbocycles. The second-order valence-electron chi connectivity index (χ2n) is 4.42. The van der Waals surface area contributed by atoms with Crippen LogP contribution in [-0.4, -0.2) is 17.6 Å². The zero-order chi connectivity index (χ0) is 14.5. The summed E-state index contributed by atoms with van der Waals surface area (Å²) in [6, 6.07) is 11.9. The van der Waals surface area contributed by atoms with Crippen molar-refractivity contribution in [2.45, 2.75) is 30.7 Å². The fraction of sp³-hybridized carbons (Fsp3) is 0.250. The van der Waals surface area contributed by atoms with Crippen LogP contribution in [0.1, 0.15) is 28.5 Å². The summed E-state index contributed by atoms with van der Waals surface area (Å²) in [6.45, 7) is 6.05. The number of rotatable bonds is 4. The van der Waals surface area contributed by atoms with Crippen LogP contribution in [-0.2, 0) is 4.74 Å². The zero-order valence-electron chi connectivity index (χ0n) is 11.8. The molecule has 2 rings (SSSR count). The van der Waals surface area contributed by atoms with E-state index in [4.69, 9.17) is 4.74 Å². The molecule has 1 aromatic heterocycles. The first-order valence-corrected chi connectivity index (χ1v) is 7.31. The molecule has 0 saturated carbocycles. The van der Waals surface area contributed by atoms with E-state index in [1.165, 1.54) is 5.56 Å². The number of carbonyl (C=O) groups is 1. The largest absolute Gasteiger partial charge is 0.462 e. The van der Waals surface area contributed by atoms with Gasteiger partial charge in [-0.25, -0.2) is 9.78 Å². The van der Waals surface area contributed by atoms with Crippen molar-refractivity contribution in [2.24, 2.45) is 0 Å². The Morgan fingerprint density at radius 1 is 1.15 bits per heavy atom. The molecule has 0 amide bonds. The van der Waals surface area contributed by atoms with E-state index in [9.17, 15) is 4.79 Å². The molecule has 1 heterocycles. The number of aromatic nitrogens is 1. The van der Waals surface area contributed by atoms with Crippen molar-refractivity contribution < 1.29 is 9.53 Å². The summed E-state index contributed by atoms with van der Waals surface area (Å²) >= 11 is 1.58. The van der Waals surface area contributed by atoms with Crippen LogP contribution >= 0.6 is 11.8 Å². The molecule has 0 aliphatic heterocycles. The van der Waals surface area contributed by atoms with Crippen molar-refractivity contribution in [3.05, 3.63) is 53.2 Å². The van der Waals surface area contributed by atoms with Gasteiger partial charge in [-0.1, -0.05) is 29.5 Å². The number of carbonyl (C=O) groups excluding carboxylic acids is 1. The lowest BCUT2D eigenvalue weighted by atomic mass is 10.2. The summed E-state index contributed by atoms with van der Waals surface area (Å²) in [5.41, 5.74) is 2.46. The normalized spacial score (nSPS) is 10.3. The molecular formula is C16H17NO2S. The van der Waals surface area contributed by atoms with Gasteiger partial charge in [0.1, 0.15) is 5.03 Å². The standard InChI is InChI=1S/C16H17NO2S/c1-4-19-16(18)14-9-10-15(17-12(14)3)20-13-7-5-11(2)6-8-13/h5-10H,4H2,1-3H3. The van der Waals surface area contributed by atoms with E-state index >= 15 is 0 Å². The molecule has 0 atom stereocenters. The molecule has 4 heteroatoms. The maximum absolute atomic E-state index is 11.7. The van der Waals surface area contributed by atoms with Crippen LogP contribution in [0.2, 0.25) is 0 Å². The van der Waals surface area contributed by atoms with Crippen molar-refractivity contribution in [1.29, 1.82) is 0 Å². The average molecular weight is 287 g/mol. The van der Waals surface area contributed by atoms with E-state index in [0.29, 0.717) is 17.9 Å². The van der Waals surface area contributed by atoms with E-state index in [0.717, 1.165) is 9.92 Å². The van der Waals surface area contributed by atoms with Crippen LogP contribution in [0.25, 0.3) is 0 Å². The van der Waals surface area contributed by atoms with E-state index < -0.39 is 0 Å². The van der Waals surface area contributed by atoms with Crippen molar-refractivity contribution in [3.8, 4) is 0 Å². The number of aryl methyl sites for hydroxylation is 2. The van der Waals surface area contributed by atoms with Gasteiger partial charge in [0.05, 0.1) is 17.9 Å². The van der Waals surface area contributed by atoms with Gasteiger partial charge in [-0.3, -0.25) is 0 Å². The number of hydrogen-bond donors (Lipinski definition) is 0. The number of benzene rings is 1. The number of esters is 1. The number of pyridine rings is 1. The molecule has 0 fully saturated rings. The molecule has 0 unspecified atom stereocenters. The number of ether oxygens (including phenoxy) is 1. The zero-order valence-corrected chi connectivity index (χ0v) is 12.7. The minimum atomic E-state index is -0.315. The Morgan fingerprint density at radius 2 is 1.85 bits per heavy atom. The minimum absolute atomic E-state index is 0.315.